The molecule has 1 aromatic heterocycles. The minimum atomic E-state index is 0.351. The predicted molar refractivity (Wildman–Crippen MR) is 82.2 cm³/mol. The summed E-state index contributed by atoms with van der Waals surface area (Å²) in [6.45, 7) is 4.42. The average molecular weight is 322 g/mol. The molecule has 2 aromatic rings. The van der Waals surface area contributed by atoms with Crippen LogP contribution in [0.1, 0.15) is 37.6 Å². The second kappa shape index (κ2) is 6.92. The first-order valence-corrected chi connectivity index (χ1v) is 7.48. The zero-order valence-electron chi connectivity index (χ0n) is 11.4. The Hall–Kier alpha value is -1.06. The van der Waals surface area contributed by atoms with Crippen molar-refractivity contribution in [2.24, 2.45) is 0 Å². The number of hydrogen-bond acceptors (Lipinski definition) is 2. The minimum Gasteiger partial charge on any atom is -0.469 e. The Labute approximate surface area is 123 Å². The van der Waals surface area contributed by atoms with Crippen molar-refractivity contribution in [1.29, 1.82) is 0 Å². The van der Waals surface area contributed by atoms with Crippen LogP contribution in [-0.2, 0) is 6.42 Å². The van der Waals surface area contributed by atoms with Crippen molar-refractivity contribution in [2.75, 3.05) is 0 Å². The van der Waals surface area contributed by atoms with Gasteiger partial charge in [0.05, 0.1) is 6.26 Å². The van der Waals surface area contributed by atoms with E-state index in [9.17, 15) is 0 Å². The van der Waals surface area contributed by atoms with Gasteiger partial charge < -0.3 is 9.73 Å². The highest BCUT2D eigenvalue weighted by molar-refractivity contribution is 9.10. The largest absolute Gasteiger partial charge is 0.469 e. The molecule has 0 saturated carbocycles. The first kappa shape index (κ1) is 14.4. The number of rotatable bonds is 6. The molecule has 2 atom stereocenters. The molecular formula is C16H20BrNO. The molecule has 102 valence electrons. The van der Waals surface area contributed by atoms with E-state index < -0.39 is 0 Å². The van der Waals surface area contributed by atoms with E-state index in [0.717, 1.165) is 23.1 Å². The summed E-state index contributed by atoms with van der Waals surface area (Å²) in [5, 5.41) is 3.62. The van der Waals surface area contributed by atoms with Crippen LogP contribution in [0.15, 0.2) is 51.6 Å². The second-order valence-electron chi connectivity index (χ2n) is 4.96. The lowest BCUT2D eigenvalue weighted by Crippen LogP contribution is -2.29. The van der Waals surface area contributed by atoms with E-state index in [-0.39, 0.29) is 0 Å². The number of benzene rings is 1. The fraction of sp³-hybridized carbons (Fsp3) is 0.375. The number of aryl methyl sites for hydroxylation is 1. The topological polar surface area (TPSA) is 25.2 Å². The minimum absolute atomic E-state index is 0.351. The van der Waals surface area contributed by atoms with Gasteiger partial charge in [-0.3, -0.25) is 0 Å². The van der Waals surface area contributed by atoms with E-state index in [2.05, 4.69) is 59.4 Å². The van der Waals surface area contributed by atoms with Gasteiger partial charge in [-0.15, -0.1) is 0 Å². The molecule has 0 aliphatic carbocycles. The third kappa shape index (κ3) is 4.51. The van der Waals surface area contributed by atoms with Gasteiger partial charge in [0.2, 0.25) is 0 Å². The monoisotopic (exact) mass is 321 g/mol. The fourth-order valence-electron chi connectivity index (χ4n) is 2.20. The van der Waals surface area contributed by atoms with Crippen molar-refractivity contribution in [3.05, 3.63) is 58.5 Å². The van der Waals surface area contributed by atoms with E-state index in [4.69, 9.17) is 4.42 Å². The number of nitrogens with one attached hydrogen (secondary N) is 1. The maximum Gasteiger partial charge on any atom is 0.103 e. The van der Waals surface area contributed by atoms with Crippen molar-refractivity contribution in [3.63, 3.8) is 0 Å². The van der Waals surface area contributed by atoms with Gasteiger partial charge in [-0.25, -0.2) is 0 Å². The summed E-state index contributed by atoms with van der Waals surface area (Å²) in [4.78, 5) is 0. The van der Waals surface area contributed by atoms with Gasteiger partial charge in [0.25, 0.3) is 0 Å². The van der Waals surface area contributed by atoms with Gasteiger partial charge in [0.15, 0.2) is 0 Å². The van der Waals surface area contributed by atoms with Crippen LogP contribution >= 0.6 is 15.9 Å². The quantitative estimate of drug-likeness (QED) is 0.833. The molecule has 0 bridgehead atoms. The lowest BCUT2D eigenvalue weighted by molar-refractivity contribution is 0.430. The average Bonchev–Trinajstić information content (AvgIpc) is 2.89. The van der Waals surface area contributed by atoms with Crippen LogP contribution < -0.4 is 5.32 Å². The Morgan fingerprint density at radius 3 is 2.74 bits per heavy atom. The smallest absolute Gasteiger partial charge is 0.103 e. The van der Waals surface area contributed by atoms with Crippen LogP contribution in [0.5, 0.6) is 0 Å². The van der Waals surface area contributed by atoms with Gasteiger partial charge >= 0.3 is 0 Å². The number of halogens is 1. The molecule has 0 fully saturated rings. The summed E-state index contributed by atoms with van der Waals surface area (Å²) < 4.78 is 6.48. The highest BCUT2D eigenvalue weighted by atomic mass is 79.9. The number of hydrogen-bond donors (Lipinski definition) is 1. The van der Waals surface area contributed by atoms with Gasteiger partial charge in [0, 0.05) is 23.0 Å². The van der Waals surface area contributed by atoms with Crippen LogP contribution in [0, 0.1) is 0 Å². The van der Waals surface area contributed by atoms with Gasteiger partial charge in [0.1, 0.15) is 5.76 Å². The second-order valence-corrected chi connectivity index (χ2v) is 5.88. The lowest BCUT2D eigenvalue weighted by Gasteiger charge is -2.20. The summed E-state index contributed by atoms with van der Waals surface area (Å²) in [5.41, 5.74) is 1.30. The van der Waals surface area contributed by atoms with Crippen LogP contribution in [0.2, 0.25) is 0 Å². The molecule has 0 saturated heterocycles. The highest BCUT2D eigenvalue weighted by Gasteiger charge is 2.10. The van der Waals surface area contributed by atoms with Gasteiger partial charge in [-0.1, -0.05) is 28.1 Å². The standard InChI is InChI=1S/C16H20BrNO/c1-12(8-9-16-7-4-10-19-16)18-13(2)14-5-3-6-15(17)11-14/h3-7,10-13,18H,8-9H2,1-2H3/t12?,13-/m1/s1. The molecule has 1 N–H and O–H groups in total. The fourth-order valence-corrected chi connectivity index (χ4v) is 2.61. The molecule has 2 rings (SSSR count). The zero-order valence-corrected chi connectivity index (χ0v) is 13.0. The van der Waals surface area contributed by atoms with Crippen LogP contribution in [0.4, 0.5) is 0 Å². The highest BCUT2D eigenvalue weighted by Crippen LogP contribution is 2.19. The van der Waals surface area contributed by atoms with Crippen LogP contribution in [-0.4, -0.2) is 6.04 Å². The molecule has 1 heterocycles. The Kier molecular flexibility index (Phi) is 5.23. The first-order valence-electron chi connectivity index (χ1n) is 6.69. The van der Waals surface area contributed by atoms with Crippen LogP contribution in [0.3, 0.4) is 0 Å². The van der Waals surface area contributed by atoms with Crippen molar-refractivity contribution in [3.8, 4) is 0 Å². The molecule has 1 unspecified atom stereocenters. The van der Waals surface area contributed by atoms with Crippen molar-refractivity contribution in [1.82, 2.24) is 5.32 Å². The zero-order chi connectivity index (χ0) is 13.7. The van der Waals surface area contributed by atoms with Gasteiger partial charge in [-0.2, -0.15) is 0 Å². The van der Waals surface area contributed by atoms with Gasteiger partial charge in [-0.05, 0) is 50.1 Å². The summed E-state index contributed by atoms with van der Waals surface area (Å²) in [6.07, 6.45) is 3.79. The molecule has 19 heavy (non-hydrogen) atoms. The van der Waals surface area contributed by atoms with E-state index in [1.807, 2.05) is 12.1 Å². The normalized spacial score (nSPS) is 14.3. The molecule has 0 aliphatic rings. The molecule has 1 aromatic carbocycles. The Morgan fingerprint density at radius 1 is 1.21 bits per heavy atom. The Morgan fingerprint density at radius 2 is 2.05 bits per heavy atom. The predicted octanol–water partition coefficient (Wildman–Crippen LogP) is 4.71. The maximum absolute atomic E-state index is 5.36. The molecule has 0 spiro atoms. The summed E-state index contributed by atoms with van der Waals surface area (Å²) >= 11 is 3.51. The Balaban J connectivity index is 1.83. The molecule has 0 radical (unpaired) electrons. The van der Waals surface area contributed by atoms with Crippen molar-refractivity contribution < 1.29 is 4.42 Å². The number of furan rings is 1. The maximum atomic E-state index is 5.36. The SMILES string of the molecule is CC(CCc1ccco1)N[C@H](C)c1cccc(Br)c1. The molecule has 2 nitrogen and oxygen atoms in total. The summed E-state index contributed by atoms with van der Waals surface area (Å²) in [7, 11) is 0. The van der Waals surface area contributed by atoms with Crippen LogP contribution in [0.25, 0.3) is 0 Å². The van der Waals surface area contributed by atoms with Crippen molar-refractivity contribution >= 4 is 15.9 Å². The lowest BCUT2D eigenvalue weighted by atomic mass is 10.1. The summed E-state index contributed by atoms with van der Waals surface area (Å²) in [5.74, 6) is 1.06. The van der Waals surface area contributed by atoms with E-state index in [1.54, 1.807) is 6.26 Å². The summed E-state index contributed by atoms with van der Waals surface area (Å²) in [6, 6.07) is 13.2. The third-order valence-corrected chi connectivity index (χ3v) is 3.78. The Bertz CT molecular complexity index is 495. The molecule has 3 heteroatoms. The first-order chi connectivity index (χ1) is 9.15. The molecule has 0 aliphatic heterocycles. The van der Waals surface area contributed by atoms with E-state index >= 15 is 0 Å². The third-order valence-electron chi connectivity index (χ3n) is 3.29. The van der Waals surface area contributed by atoms with E-state index in [1.165, 1.54) is 5.56 Å². The molecule has 0 amide bonds. The molecular weight excluding hydrogens is 302 g/mol. The van der Waals surface area contributed by atoms with E-state index in [0.29, 0.717) is 12.1 Å². The van der Waals surface area contributed by atoms with Crippen molar-refractivity contribution in [2.45, 2.75) is 38.8 Å².